The van der Waals surface area contributed by atoms with E-state index in [0.717, 1.165) is 36.1 Å². The topological polar surface area (TPSA) is 66.0 Å². The van der Waals surface area contributed by atoms with Crippen molar-refractivity contribution in [1.29, 1.82) is 0 Å². The molecule has 0 aliphatic carbocycles. The summed E-state index contributed by atoms with van der Waals surface area (Å²) >= 11 is 0. The van der Waals surface area contributed by atoms with Gasteiger partial charge in [0.1, 0.15) is 5.82 Å². The largest absolute Gasteiger partial charge is 0.478 e. The number of aryl methyl sites for hydroxylation is 1. The number of nitrogens with zero attached hydrogens (tertiary/aromatic N) is 1. The molecule has 84 valence electrons. The summed E-state index contributed by atoms with van der Waals surface area (Å²) in [5, 5.41) is 8.86. The maximum Gasteiger partial charge on any atom is 0.335 e. The molecule has 2 aromatic rings. The second kappa shape index (κ2) is 4.35. The molecule has 0 saturated carbocycles. The van der Waals surface area contributed by atoms with Gasteiger partial charge in [-0.2, -0.15) is 0 Å². The summed E-state index contributed by atoms with van der Waals surface area (Å²) in [6, 6.07) is 4.94. The first-order valence-corrected chi connectivity index (χ1v) is 5.42. The summed E-state index contributed by atoms with van der Waals surface area (Å²) < 4.78 is 0. The van der Waals surface area contributed by atoms with E-state index in [9.17, 15) is 4.79 Å². The molecule has 4 nitrogen and oxygen atoms in total. The number of imidazole rings is 1. The van der Waals surface area contributed by atoms with Crippen LogP contribution in [0.2, 0.25) is 0 Å². The number of carboxylic acid groups (broad SMARTS) is 1. The Morgan fingerprint density at radius 3 is 3.00 bits per heavy atom. The van der Waals surface area contributed by atoms with E-state index in [2.05, 4.69) is 16.9 Å². The van der Waals surface area contributed by atoms with E-state index in [0.29, 0.717) is 0 Å². The quantitative estimate of drug-likeness (QED) is 0.828. The van der Waals surface area contributed by atoms with Crippen LogP contribution in [0.15, 0.2) is 18.2 Å². The third-order valence-electron chi connectivity index (χ3n) is 2.55. The molecule has 0 saturated heterocycles. The monoisotopic (exact) mass is 218 g/mol. The zero-order chi connectivity index (χ0) is 11.5. The zero-order valence-corrected chi connectivity index (χ0v) is 9.16. The maximum absolute atomic E-state index is 10.8. The summed E-state index contributed by atoms with van der Waals surface area (Å²) in [5.74, 6) is 0.0194. The van der Waals surface area contributed by atoms with Gasteiger partial charge in [-0.15, -0.1) is 0 Å². The van der Waals surface area contributed by atoms with Gasteiger partial charge in [0.2, 0.25) is 0 Å². The second-order valence-electron chi connectivity index (χ2n) is 3.82. The van der Waals surface area contributed by atoms with Crippen LogP contribution in [0, 0.1) is 0 Å². The molecule has 0 fully saturated rings. The third kappa shape index (κ3) is 2.05. The fourth-order valence-electron chi connectivity index (χ4n) is 1.66. The molecule has 1 heterocycles. The van der Waals surface area contributed by atoms with Crippen molar-refractivity contribution in [2.75, 3.05) is 0 Å². The highest BCUT2D eigenvalue weighted by Crippen LogP contribution is 2.14. The van der Waals surface area contributed by atoms with E-state index in [1.807, 2.05) is 0 Å². The molecule has 0 aliphatic heterocycles. The zero-order valence-electron chi connectivity index (χ0n) is 9.16. The van der Waals surface area contributed by atoms with Crippen LogP contribution >= 0.6 is 0 Å². The number of rotatable bonds is 4. The summed E-state index contributed by atoms with van der Waals surface area (Å²) in [6.45, 7) is 2.13. The SMILES string of the molecule is CCCCc1nc2ccc(C(=O)O)cc2[nH]1. The summed E-state index contributed by atoms with van der Waals surface area (Å²) in [5.41, 5.74) is 1.92. The second-order valence-corrected chi connectivity index (χ2v) is 3.82. The molecule has 2 N–H and O–H groups in total. The first-order valence-electron chi connectivity index (χ1n) is 5.42. The number of hydrogen-bond acceptors (Lipinski definition) is 2. The normalized spacial score (nSPS) is 10.8. The molecule has 0 bridgehead atoms. The molecule has 1 aromatic heterocycles. The third-order valence-corrected chi connectivity index (χ3v) is 2.55. The van der Waals surface area contributed by atoms with Gasteiger partial charge in [-0.25, -0.2) is 9.78 Å². The van der Waals surface area contributed by atoms with Gasteiger partial charge in [-0.05, 0) is 24.6 Å². The van der Waals surface area contributed by atoms with Crippen LogP contribution < -0.4 is 0 Å². The first kappa shape index (κ1) is 10.7. The minimum atomic E-state index is -0.911. The number of nitrogens with one attached hydrogen (secondary N) is 1. The predicted octanol–water partition coefficient (Wildman–Crippen LogP) is 2.60. The molecule has 16 heavy (non-hydrogen) atoms. The molecular weight excluding hydrogens is 204 g/mol. The number of hydrogen-bond donors (Lipinski definition) is 2. The molecular formula is C12H14N2O2. The van der Waals surface area contributed by atoms with E-state index in [1.165, 1.54) is 0 Å². The van der Waals surface area contributed by atoms with Crippen LogP contribution in [0.25, 0.3) is 11.0 Å². The Morgan fingerprint density at radius 1 is 1.50 bits per heavy atom. The highest BCUT2D eigenvalue weighted by Gasteiger charge is 2.06. The van der Waals surface area contributed by atoms with Gasteiger partial charge in [-0.3, -0.25) is 0 Å². The van der Waals surface area contributed by atoms with Crippen LogP contribution in [0.4, 0.5) is 0 Å². The molecule has 0 amide bonds. The van der Waals surface area contributed by atoms with Gasteiger partial charge in [0.25, 0.3) is 0 Å². The van der Waals surface area contributed by atoms with Crippen molar-refractivity contribution >= 4 is 17.0 Å². The lowest BCUT2D eigenvalue weighted by Gasteiger charge is -1.92. The summed E-state index contributed by atoms with van der Waals surface area (Å²) in [6.07, 6.45) is 3.12. The Morgan fingerprint density at radius 2 is 2.31 bits per heavy atom. The van der Waals surface area contributed by atoms with Crippen LogP contribution in [0.5, 0.6) is 0 Å². The number of unbranched alkanes of at least 4 members (excludes halogenated alkanes) is 1. The number of benzene rings is 1. The van der Waals surface area contributed by atoms with Crippen LogP contribution in [0.3, 0.4) is 0 Å². The maximum atomic E-state index is 10.8. The van der Waals surface area contributed by atoms with E-state index in [1.54, 1.807) is 18.2 Å². The lowest BCUT2D eigenvalue weighted by Crippen LogP contribution is -1.94. The molecule has 0 unspecified atom stereocenters. The van der Waals surface area contributed by atoms with E-state index < -0.39 is 5.97 Å². The van der Waals surface area contributed by atoms with Crippen molar-refractivity contribution in [2.45, 2.75) is 26.2 Å². The summed E-state index contributed by atoms with van der Waals surface area (Å²) in [7, 11) is 0. The van der Waals surface area contributed by atoms with Crippen molar-refractivity contribution in [3.63, 3.8) is 0 Å². The number of H-pyrrole nitrogens is 1. The molecule has 0 atom stereocenters. The molecule has 0 aliphatic rings. The number of aromatic carboxylic acids is 1. The number of aromatic amines is 1. The minimum Gasteiger partial charge on any atom is -0.478 e. The first-order chi connectivity index (χ1) is 7.70. The van der Waals surface area contributed by atoms with E-state index >= 15 is 0 Å². The van der Waals surface area contributed by atoms with Gasteiger partial charge < -0.3 is 10.1 Å². The van der Waals surface area contributed by atoms with Crippen molar-refractivity contribution in [3.05, 3.63) is 29.6 Å². The Bertz CT molecular complexity index is 517. The Labute approximate surface area is 93.3 Å². The number of carboxylic acids is 1. The number of aromatic nitrogens is 2. The van der Waals surface area contributed by atoms with Crippen molar-refractivity contribution in [3.8, 4) is 0 Å². The summed E-state index contributed by atoms with van der Waals surface area (Å²) in [4.78, 5) is 18.3. The van der Waals surface area contributed by atoms with Crippen LogP contribution in [0.1, 0.15) is 35.9 Å². The van der Waals surface area contributed by atoms with Gasteiger partial charge in [-0.1, -0.05) is 13.3 Å². The van der Waals surface area contributed by atoms with Crippen molar-refractivity contribution in [1.82, 2.24) is 9.97 Å². The van der Waals surface area contributed by atoms with Crippen molar-refractivity contribution in [2.24, 2.45) is 0 Å². The highest BCUT2D eigenvalue weighted by molar-refractivity contribution is 5.92. The molecule has 0 spiro atoms. The molecule has 2 rings (SSSR count). The number of carbonyl (C=O) groups is 1. The smallest absolute Gasteiger partial charge is 0.335 e. The fraction of sp³-hybridized carbons (Fsp3) is 0.333. The minimum absolute atomic E-state index is 0.290. The van der Waals surface area contributed by atoms with Gasteiger partial charge >= 0.3 is 5.97 Å². The molecule has 1 aromatic carbocycles. The Hall–Kier alpha value is -1.84. The lowest BCUT2D eigenvalue weighted by molar-refractivity contribution is 0.0697. The van der Waals surface area contributed by atoms with Gasteiger partial charge in [0, 0.05) is 6.42 Å². The molecule has 0 radical (unpaired) electrons. The Kier molecular flexibility index (Phi) is 2.90. The van der Waals surface area contributed by atoms with Gasteiger partial charge in [0.15, 0.2) is 0 Å². The number of fused-ring (bicyclic) bond motifs is 1. The fourth-order valence-corrected chi connectivity index (χ4v) is 1.66. The van der Waals surface area contributed by atoms with E-state index in [4.69, 9.17) is 5.11 Å². The van der Waals surface area contributed by atoms with Crippen LogP contribution in [-0.2, 0) is 6.42 Å². The molecule has 4 heteroatoms. The van der Waals surface area contributed by atoms with E-state index in [-0.39, 0.29) is 5.56 Å². The van der Waals surface area contributed by atoms with Crippen LogP contribution in [-0.4, -0.2) is 21.0 Å². The van der Waals surface area contributed by atoms with Crippen molar-refractivity contribution < 1.29 is 9.90 Å². The standard InChI is InChI=1S/C12H14N2O2/c1-2-3-4-11-13-9-6-5-8(12(15)16)7-10(9)14-11/h5-7H,2-4H2,1H3,(H,13,14)(H,15,16). The van der Waals surface area contributed by atoms with Gasteiger partial charge in [0.05, 0.1) is 16.6 Å². The highest BCUT2D eigenvalue weighted by atomic mass is 16.4. The lowest BCUT2D eigenvalue weighted by atomic mass is 10.2. The predicted molar refractivity (Wildman–Crippen MR) is 61.7 cm³/mol. The average Bonchev–Trinajstić information content (AvgIpc) is 2.67. The Balaban J connectivity index is 2.34. The average molecular weight is 218 g/mol.